The SMILES string of the molecule is COc1cc(F)c(C(Br)C2CCOC2C)c(F)c1. The largest absolute Gasteiger partial charge is 0.497 e. The molecule has 1 aliphatic heterocycles. The lowest BCUT2D eigenvalue weighted by Crippen LogP contribution is -2.18. The van der Waals surface area contributed by atoms with E-state index in [-0.39, 0.29) is 28.2 Å². The maximum atomic E-state index is 13.9. The van der Waals surface area contributed by atoms with Crippen molar-refractivity contribution in [3.05, 3.63) is 29.3 Å². The molecule has 2 nitrogen and oxygen atoms in total. The quantitative estimate of drug-likeness (QED) is 0.788. The first-order valence-electron chi connectivity index (χ1n) is 5.83. The molecular formula is C13H15BrF2O2. The number of benzene rings is 1. The Bertz CT molecular complexity index is 416. The summed E-state index contributed by atoms with van der Waals surface area (Å²) in [7, 11) is 1.38. The second kappa shape index (κ2) is 5.53. The monoisotopic (exact) mass is 320 g/mol. The Labute approximate surface area is 113 Å². The molecule has 1 aliphatic rings. The molecule has 18 heavy (non-hydrogen) atoms. The average Bonchev–Trinajstić information content (AvgIpc) is 2.74. The van der Waals surface area contributed by atoms with E-state index in [1.807, 2.05) is 6.92 Å². The highest BCUT2D eigenvalue weighted by atomic mass is 79.9. The summed E-state index contributed by atoms with van der Waals surface area (Å²) in [5.74, 6) is -0.924. The van der Waals surface area contributed by atoms with Crippen LogP contribution < -0.4 is 4.74 Å². The number of hydrogen-bond acceptors (Lipinski definition) is 2. The zero-order valence-corrected chi connectivity index (χ0v) is 11.8. The lowest BCUT2D eigenvalue weighted by Gasteiger charge is -2.22. The summed E-state index contributed by atoms with van der Waals surface area (Å²) in [6.07, 6.45) is 0.789. The van der Waals surface area contributed by atoms with E-state index in [0.29, 0.717) is 6.61 Å². The van der Waals surface area contributed by atoms with Crippen LogP contribution in [0.4, 0.5) is 8.78 Å². The van der Waals surface area contributed by atoms with Crippen molar-refractivity contribution in [2.45, 2.75) is 24.3 Å². The van der Waals surface area contributed by atoms with Gasteiger partial charge in [-0.3, -0.25) is 0 Å². The van der Waals surface area contributed by atoms with E-state index in [9.17, 15) is 8.78 Å². The van der Waals surface area contributed by atoms with E-state index in [4.69, 9.17) is 9.47 Å². The molecule has 0 saturated carbocycles. The predicted octanol–water partition coefficient (Wildman–Crippen LogP) is 3.83. The lowest BCUT2D eigenvalue weighted by molar-refractivity contribution is 0.105. The van der Waals surface area contributed by atoms with Gasteiger partial charge in [0.25, 0.3) is 0 Å². The Morgan fingerprint density at radius 3 is 2.44 bits per heavy atom. The van der Waals surface area contributed by atoms with Gasteiger partial charge in [-0.15, -0.1) is 0 Å². The molecule has 1 saturated heterocycles. The molecule has 1 aromatic rings. The van der Waals surface area contributed by atoms with E-state index >= 15 is 0 Å². The van der Waals surface area contributed by atoms with Gasteiger partial charge >= 0.3 is 0 Å². The van der Waals surface area contributed by atoms with Gasteiger partial charge in [-0.05, 0) is 13.3 Å². The van der Waals surface area contributed by atoms with Gasteiger partial charge < -0.3 is 9.47 Å². The summed E-state index contributed by atoms with van der Waals surface area (Å²) in [6, 6.07) is 2.40. The average molecular weight is 321 g/mol. The minimum atomic E-state index is -0.590. The molecule has 0 N–H and O–H groups in total. The van der Waals surface area contributed by atoms with Crippen LogP contribution in [0.15, 0.2) is 12.1 Å². The molecule has 0 bridgehead atoms. The van der Waals surface area contributed by atoms with Crippen molar-refractivity contribution in [3.8, 4) is 5.75 Å². The van der Waals surface area contributed by atoms with Crippen LogP contribution in [0.5, 0.6) is 5.75 Å². The lowest BCUT2D eigenvalue weighted by atomic mass is 9.93. The third kappa shape index (κ3) is 2.52. The first-order valence-corrected chi connectivity index (χ1v) is 6.74. The molecule has 0 radical (unpaired) electrons. The molecule has 1 fully saturated rings. The Morgan fingerprint density at radius 2 is 2.00 bits per heavy atom. The Kier molecular flexibility index (Phi) is 4.22. The van der Waals surface area contributed by atoms with E-state index in [2.05, 4.69) is 15.9 Å². The normalized spacial score (nSPS) is 25.2. The number of ether oxygens (including phenoxy) is 2. The maximum Gasteiger partial charge on any atom is 0.134 e. The van der Waals surface area contributed by atoms with E-state index in [0.717, 1.165) is 6.42 Å². The molecule has 5 heteroatoms. The van der Waals surface area contributed by atoms with Crippen molar-refractivity contribution >= 4 is 15.9 Å². The van der Waals surface area contributed by atoms with Crippen LogP contribution in [-0.2, 0) is 4.74 Å². The second-order valence-corrected chi connectivity index (χ2v) is 5.42. The third-order valence-electron chi connectivity index (χ3n) is 3.37. The minimum absolute atomic E-state index is 0.00437. The Morgan fingerprint density at radius 1 is 1.39 bits per heavy atom. The van der Waals surface area contributed by atoms with Gasteiger partial charge in [0, 0.05) is 30.2 Å². The molecule has 2 rings (SSSR count). The van der Waals surface area contributed by atoms with Gasteiger partial charge in [0.15, 0.2) is 0 Å². The zero-order valence-electron chi connectivity index (χ0n) is 10.3. The molecule has 3 unspecified atom stereocenters. The molecule has 0 amide bonds. The van der Waals surface area contributed by atoms with Gasteiger partial charge in [-0.1, -0.05) is 15.9 Å². The summed E-state index contributed by atoms with van der Waals surface area (Å²) in [5.41, 5.74) is 0.0538. The fourth-order valence-corrected chi connectivity index (χ4v) is 3.42. The minimum Gasteiger partial charge on any atom is -0.497 e. The number of rotatable bonds is 3. The standard InChI is InChI=1S/C13H15BrF2O2/c1-7-9(3-4-18-7)13(14)12-10(15)5-8(17-2)6-11(12)16/h5-7,9,13H,3-4H2,1-2H3. The summed E-state index contributed by atoms with van der Waals surface area (Å²) in [5, 5.41) is 0. The Hall–Kier alpha value is -0.680. The summed E-state index contributed by atoms with van der Waals surface area (Å²) >= 11 is 3.40. The number of alkyl halides is 1. The fourth-order valence-electron chi connectivity index (χ4n) is 2.29. The van der Waals surface area contributed by atoms with Crippen LogP contribution >= 0.6 is 15.9 Å². The first kappa shape index (κ1) is 13.7. The van der Waals surface area contributed by atoms with Crippen molar-refractivity contribution in [1.29, 1.82) is 0 Å². The molecule has 1 heterocycles. The summed E-state index contributed by atoms with van der Waals surface area (Å²) in [6.45, 7) is 2.55. The highest BCUT2D eigenvalue weighted by molar-refractivity contribution is 9.09. The van der Waals surface area contributed by atoms with Gasteiger partial charge in [0.05, 0.1) is 18.0 Å². The molecular weight excluding hydrogens is 306 g/mol. The van der Waals surface area contributed by atoms with E-state index in [1.165, 1.54) is 19.2 Å². The van der Waals surface area contributed by atoms with E-state index in [1.54, 1.807) is 0 Å². The molecule has 0 spiro atoms. The van der Waals surface area contributed by atoms with Gasteiger partial charge in [-0.2, -0.15) is 0 Å². The first-order chi connectivity index (χ1) is 8.54. The van der Waals surface area contributed by atoms with Crippen LogP contribution in [0.25, 0.3) is 0 Å². The third-order valence-corrected chi connectivity index (χ3v) is 4.51. The molecule has 3 atom stereocenters. The Balaban J connectivity index is 2.32. The van der Waals surface area contributed by atoms with Crippen LogP contribution in [0.3, 0.4) is 0 Å². The van der Waals surface area contributed by atoms with Crippen LogP contribution in [0, 0.1) is 17.6 Å². The topological polar surface area (TPSA) is 18.5 Å². The highest BCUT2D eigenvalue weighted by Gasteiger charge is 2.34. The predicted molar refractivity (Wildman–Crippen MR) is 68.1 cm³/mol. The van der Waals surface area contributed by atoms with Gasteiger partial charge in [-0.25, -0.2) is 8.78 Å². The van der Waals surface area contributed by atoms with Crippen molar-refractivity contribution in [3.63, 3.8) is 0 Å². The number of halogens is 3. The summed E-state index contributed by atoms with van der Waals surface area (Å²) in [4.78, 5) is -0.388. The number of methoxy groups -OCH3 is 1. The van der Waals surface area contributed by atoms with Crippen LogP contribution in [-0.4, -0.2) is 19.8 Å². The molecule has 1 aromatic carbocycles. The maximum absolute atomic E-state index is 13.9. The van der Waals surface area contributed by atoms with Crippen LogP contribution in [0.1, 0.15) is 23.7 Å². The number of hydrogen-bond donors (Lipinski definition) is 0. The fraction of sp³-hybridized carbons (Fsp3) is 0.538. The van der Waals surface area contributed by atoms with Gasteiger partial charge in [0.1, 0.15) is 17.4 Å². The molecule has 0 aromatic heterocycles. The zero-order chi connectivity index (χ0) is 13.3. The van der Waals surface area contributed by atoms with Crippen molar-refractivity contribution in [1.82, 2.24) is 0 Å². The van der Waals surface area contributed by atoms with E-state index < -0.39 is 11.6 Å². The van der Waals surface area contributed by atoms with Crippen LogP contribution in [0.2, 0.25) is 0 Å². The summed E-state index contributed by atoms with van der Waals surface area (Å²) < 4.78 is 38.1. The van der Waals surface area contributed by atoms with Crippen molar-refractivity contribution in [2.75, 3.05) is 13.7 Å². The smallest absolute Gasteiger partial charge is 0.134 e. The van der Waals surface area contributed by atoms with Crippen molar-refractivity contribution < 1.29 is 18.3 Å². The highest BCUT2D eigenvalue weighted by Crippen LogP contribution is 2.42. The van der Waals surface area contributed by atoms with Gasteiger partial charge in [0.2, 0.25) is 0 Å². The molecule has 100 valence electrons. The van der Waals surface area contributed by atoms with Crippen molar-refractivity contribution in [2.24, 2.45) is 5.92 Å². The molecule has 0 aliphatic carbocycles. The second-order valence-electron chi connectivity index (χ2n) is 4.43.